The van der Waals surface area contributed by atoms with Gasteiger partial charge in [-0.15, -0.1) is 22.7 Å². The smallest absolute Gasteiger partial charge is 0.0880 e. The molecule has 0 fully saturated rings. The fraction of sp³-hybridized carbons (Fsp3) is 0.265. The molecular formula is C34H33NS2. The predicted molar refractivity (Wildman–Crippen MR) is 165 cm³/mol. The van der Waals surface area contributed by atoms with Crippen LogP contribution < -0.4 is 0 Å². The number of pyridine rings is 1. The number of thiophene rings is 2. The summed E-state index contributed by atoms with van der Waals surface area (Å²) < 4.78 is 2.64. The van der Waals surface area contributed by atoms with Crippen LogP contribution in [0.4, 0.5) is 0 Å². The third kappa shape index (κ3) is 4.28. The van der Waals surface area contributed by atoms with Crippen LogP contribution in [-0.2, 0) is 11.8 Å². The fourth-order valence-corrected chi connectivity index (χ4v) is 7.88. The van der Waals surface area contributed by atoms with Crippen LogP contribution in [0.2, 0.25) is 0 Å². The van der Waals surface area contributed by atoms with Crippen LogP contribution in [0.3, 0.4) is 0 Å². The number of aromatic nitrogens is 1. The Morgan fingerprint density at radius 1 is 0.892 bits per heavy atom. The van der Waals surface area contributed by atoms with Gasteiger partial charge in [-0.05, 0) is 87.9 Å². The number of rotatable bonds is 4. The molecule has 3 heteroatoms. The minimum atomic E-state index is 0.0450. The number of hydrogen-bond acceptors (Lipinski definition) is 3. The third-order valence-electron chi connectivity index (χ3n) is 7.32. The summed E-state index contributed by atoms with van der Waals surface area (Å²) in [6, 6.07) is 22.7. The molecule has 0 aliphatic heterocycles. The van der Waals surface area contributed by atoms with Gasteiger partial charge in [-0.25, -0.2) is 0 Å². The van der Waals surface area contributed by atoms with E-state index in [0.29, 0.717) is 5.92 Å². The quantitative estimate of drug-likeness (QED) is 0.226. The minimum absolute atomic E-state index is 0.0450. The second-order valence-electron chi connectivity index (χ2n) is 11.7. The highest BCUT2D eigenvalue weighted by atomic mass is 32.1. The summed E-state index contributed by atoms with van der Waals surface area (Å²) in [5.74, 6) is 0.652. The summed E-state index contributed by atoms with van der Waals surface area (Å²) in [6.45, 7) is 13.8. The van der Waals surface area contributed by atoms with Crippen molar-refractivity contribution in [3.05, 3.63) is 88.9 Å². The van der Waals surface area contributed by atoms with Gasteiger partial charge in [-0.3, -0.25) is 4.98 Å². The van der Waals surface area contributed by atoms with Crippen molar-refractivity contribution in [3.63, 3.8) is 0 Å². The van der Waals surface area contributed by atoms with E-state index >= 15 is 0 Å². The number of fused-ring (bicyclic) bond motifs is 3. The van der Waals surface area contributed by atoms with Crippen LogP contribution in [0.5, 0.6) is 0 Å². The predicted octanol–water partition coefficient (Wildman–Crippen LogP) is 10.8. The third-order valence-corrected chi connectivity index (χ3v) is 9.63. The Hall–Kier alpha value is -3.01. The molecule has 0 atom stereocenters. The summed E-state index contributed by atoms with van der Waals surface area (Å²) in [6.07, 6.45) is 3.10. The average Bonchev–Trinajstić information content (AvgIpc) is 3.42. The summed E-state index contributed by atoms with van der Waals surface area (Å²) in [7, 11) is 0. The van der Waals surface area contributed by atoms with Crippen molar-refractivity contribution < 1.29 is 0 Å². The van der Waals surface area contributed by atoms with Crippen molar-refractivity contribution >= 4 is 53.6 Å². The van der Waals surface area contributed by atoms with Crippen LogP contribution >= 0.6 is 22.7 Å². The van der Waals surface area contributed by atoms with Gasteiger partial charge in [0.05, 0.1) is 10.4 Å². The standard InChI is InChI=1S/C34H33NS2/c1-20(2)15-22-11-12-30-27(16-22)28(19-36-30)32-21(3)25-13-14-35-31(33(25)37-32)24-17-23-9-7-8-10-26(23)29(18-24)34(4,5)6/h7-14,16-20H,15H2,1-6H3. The monoisotopic (exact) mass is 519 g/mol. The zero-order chi connectivity index (χ0) is 25.9. The Morgan fingerprint density at radius 2 is 1.70 bits per heavy atom. The normalized spacial score (nSPS) is 12.4. The lowest BCUT2D eigenvalue weighted by Crippen LogP contribution is -2.12. The highest BCUT2D eigenvalue weighted by molar-refractivity contribution is 7.24. The molecule has 37 heavy (non-hydrogen) atoms. The Kier molecular flexibility index (Phi) is 5.97. The molecule has 0 aliphatic rings. The fourth-order valence-electron chi connectivity index (χ4n) is 5.53. The Balaban J connectivity index is 1.56. The Bertz CT molecular complexity index is 1780. The molecule has 0 radical (unpaired) electrons. The second-order valence-corrected chi connectivity index (χ2v) is 13.6. The van der Waals surface area contributed by atoms with Gasteiger partial charge in [-0.1, -0.05) is 65.0 Å². The summed E-state index contributed by atoms with van der Waals surface area (Å²) >= 11 is 3.75. The maximum atomic E-state index is 4.97. The first-order chi connectivity index (χ1) is 17.7. The number of hydrogen-bond donors (Lipinski definition) is 0. The van der Waals surface area contributed by atoms with E-state index in [1.807, 2.05) is 28.9 Å². The molecule has 0 bridgehead atoms. The van der Waals surface area contributed by atoms with Crippen LogP contribution in [0.25, 0.3) is 52.6 Å². The van der Waals surface area contributed by atoms with E-state index in [2.05, 4.69) is 108 Å². The van der Waals surface area contributed by atoms with Gasteiger partial charge >= 0.3 is 0 Å². The van der Waals surface area contributed by atoms with Crippen LogP contribution in [0.15, 0.2) is 72.2 Å². The van der Waals surface area contributed by atoms with E-state index in [9.17, 15) is 0 Å². The first-order valence-electron chi connectivity index (χ1n) is 13.1. The number of aryl methyl sites for hydroxylation is 1. The van der Waals surface area contributed by atoms with Crippen molar-refractivity contribution in [3.8, 4) is 21.7 Å². The van der Waals surface area contributed by atoms with Crippen LogP contribution in [0.1, 0.15) is 51.3 Å². The molecule has 3 aromatic heterocycles. The van der Waals surface area contributed by atoms with Crippen LogP contribution in [0, 0.1) is 12.8 Å². The number of benzene rings is 3. The first-order valence-corrected chi connectivity index (χ1v) is 14.8. The summed E-state index contributed by atoms with van der Waals surface area (Å²) in [4.78, 5) is 6.33. The van der Waals surface area contributed by atoms with Crippen molar-refractivity contribution in [2.45, 2.75) is 53.4 Å². The van der Waals surface area contributed by atoms with Gasteiger partial charge in [0.25, 0.3) is 0 Å². The van der Waals surface area contributed by atoms with Crippen molar-refractivity contribution in [1.29, 1.82) is 0 Å². The highest BCUT2D eigenvalue weighted by Crippen LogP contribution is 2.46. The SMILES string of the molecule is Cc1c(-c2csc3ccc(CC(C)C)cc23)sc2c(-c3cc(C(C)(C)C)c4ccccc4c3)nccc12. The molecule has 6 rings (SSSR count). The second kappa shape index (κ2) is 9.08. The van der Waals surface area contributed by atoms with Gasteiger partial charge < -0.3 is 0 Å². The molecule has 0 N–H and O–H groups in total. The van der Waals surface area contributed by atoms with Crippen LogP contribution in [-0.4, -0.2) is 4.98 Å². The van der Waals surface area contributed by atoms with Crippen molar-refractivity contribution in [2.75, 3.05) is 0 Å². The highest BCUT2D eigenvalue weighted by Gasteiger charge is 2.21. The molecule has 0 amide bonds. The van der Waals surface area contributed by atoms with Crippen molar-refractivity contribution in [2.24, 2.45) is 5.92 Å². The summed E-state index contributed by atoms with van der Waals surface area (Å²) in [5, 5.41) is 7.65. The molecular weight excluding hydrogens is 487 g/mol. The molecule has 3 aromatic carbocycles. The van der Waals surface area contributed by atoms with Gasteiger partial charge in [-0.2, -0.15) is 0 Å². The topological polar surface area (TPSA) is 12.9 Å². The zero-order valence-corrected chi connectivity index (χ0v) is 24.1. The van der Waals surface area contributed by atoms with E-state index in [-0.39, 0.29) is 5.41 Å². The maximum absolute atomic E-state index is 4.97. The lowest BCUT2D eigenvalue weighted by molar-refractivity contribution is 0.596. The van der Waals surface area contributed by atoms with Gasteiger partial charge in [0.15, 0.2) is 0 Å². The molecule has 0 saturated carbocycles. The molecule has 3 heterocycles. The molecule has 6 aromatic rings. The maximum Gasteiger partial charge on any atom is 0.0880 e. The molecule has 186 valence electrons. The molecule has 0 saturated heterocycles. The molecule has 1 nitrogen and oxygen atoms in total. The Morgan fingerprint density at radius 3 is 2.49 bits per heavy atom. The van der Waals surface area contributed by atoms with Gasteiger partial charge in [0.1, 0.15) is 0 Å². The van der Waals surface area contributed by atoms with Gasteiger partial charge in [0.2, 0.25) is 0 Å². The zero-order valence-electron chi connectivity index (χ0n) is 22.5. The van der Waals surface area contributed by atoms with E-state index in [0.717, 1.165) is 12.1 Å². The minimum Gasteiger partial charge on any atom is -0.255 e. The van der Waals surface area contributed by atoms with Gasteiger partial charge in [0, 0.05) is 37.7 Å². The molecule has 0 spiro atoms. The lowest BCUT2D eigenvalue weighted by atomic mass is 9.82. The van der Waals surface area contributed by atoms with E-state index in [1.165, 1.54) is 63.6 Å². The van der Waals surface area contributed by atoms with E-state index in [1.54, 1.807) is 0 Å². The van der Waals surface area contributed by atoms with Crippen molar-refractivity contribution in [1.82, 2.24) is 4.98 Å². The van der Waals surface area contributed by atoms with E-state index < -0.39 is 0 Å². The van der Waals surface area contributed by atoms with E-state index in [4.69, 9.17) is 4.98 Å². The molecule has 0 aliphatic carbocycles. The lowest BCUT2D eigenvalue weighted by Gasteiger charge is -2.22. The summed E-state index contributed by atoms with van der Waals surface area (Å²) in [5.41, 5.74) is 7.86. The number of nitrogens with zero attached hydrogens (tertiary/aromatic N) is 1. The Labute approximate surface area is 227 Å². The average molecular weight is 520 g/mol. The molecule has 0 unspecified atom stereocenters. The first kappa shape index (κ1) is 24.3. The largest absolute Gasteiger partial charge is 0.255 e.